The lowest BCUT2D eigenvalue weighted by atomic mass is 10.0. The summed E-state index contributed by atoms with van der Waals surface area (Å²) in [6.07, 6.45) is -1.95. The number of hydrogen-bond acceptors (Lipinski definition) is 15. The fourth-order valence-corrected chi connectivity index (χ4v) is 5.69. The number of nitrogens with two attached hydrogens (primary N) is 2. The predicted octanol–water partition coefficient (Wildman–Crippen LogP) is -2.18. The molecule has 12 N–H and O–H groups in total. The Morgan fingerprint density at radius 2 is 1.57 bits per heavy atom. The van der Waals surface area contributed by atoms with Gasteiger partial charge in [-0.2, -0.15) is 17.6 Å². The van der Waals surface area contributed by atoms with Gasteiger partial charge in [0, 0.05) is 57.0 Å². The summed E-state index contributed by atoms with van der Waals surface area (Å²) in [6.45, 7) is 0.965. The number of likely N-dealkylation sites (N-methyl/N-ethyl adjacent to an activating group) is 2. The van der Waals surface area contributed by atoms with Crippen LogP contribution in [0, 0.1) is 0 Å². The Morgan fingerprint density at radius 1 is 0.963 bits per heavy atom. The number of aliphatic carboxylic acids is 3. The molecule has 0 saturated heterocycles. The minimum absolute atomic E-state index is 0.00545. The molecule has 22 heteroatoms. The number of rotatable bonds is 20. The van der Waals surface area contributed by atoms with Crippen LogP contribution in [0.5, 0.6) is 0 Å². The van der Waals surface area contributed by atoms with Crippen LogP contribution in [-0.2, 0) is 28.8 Å². The van der Waals surface area contributed by atoms with Gasteiger partial charge in [0.05, 0.1) is 18.5 Å². The van der Waals surface area contributed by atoms with Gasteiger partial charge in [0.1, 0.15) is 29.6 Å². The summed E-state index contributed by atoms with van der Waals surface area (Å²) >= 11 is 3.81. The molecule has 1 aliphatic rings. The molecule has 1 aliphatic heterocycles. The number of nitrogen functional groups attached to an aromatic ring is 1. The normalized spacial score (nSPS) is 15.6. The van der Waals surface area contributed by atoms with E-state index in [9.17, 15) is 43.5 Å². The number of carbonyl (C=O) groups excluding carboxylic acids is 4. The zero-order valence-electron chi connectivity index (χ0n) is 29.4. The number of ketones is 1. The van der Waals surface area contributed by atoms with Gasteiger partial charge in [-0.3, -0.25) is 33.8 Å². The lowest BCUT2D eigenvalue weighted by Crippen LogP contribution is -2.55. The molecular formula is C32H44N10O11S. The number of carboxylic acid groups (broad SMARTS) is 3. The van der Waals surface area contributed by atoms with Crippen LogP contribution in [-0.4, -0.2) is 130 Å². The van der Waals surface area contributed by atoms with E-state index in [0.29, 0.717) is 24.6 Å². The van der Waals surface area contributed by atoms with Crippen molar-refractivity contribution in [2.75, 3.05) is 53.8 Å². The third-order valence-corrected chi connectivity index (χ3v) is 8.93. The number of fused-ring (bicyclic) bond motifs is 1. The smallest absolute Gasteiger partial charge is 0.327 e. The summed E-state index contributed by atoms with van der Waals surface area (Å²) in [6, 6.07) is 0.364. The van der Waals surface area contributed by atoms with Crippen LogP contribution in [0.4, 0.5) is 23.1 Å². The Bertz CT molecular complexity index is 1790. The van der Waals surface area contributed by atoms with Crippen LogP contribution < -0.4 is 48.1 Å². The maximum Gasteiger partial charge on any atom is 0.327 e. The molecule has 54 heavy (non-hydrogen) atoms. The van der Waals surface area contributed by atoms with Gasteiger partial charge in [-0.1, -0.05) is 0 Å². The highest BCUT2D eigenvalue weighted by atomic mass is 32.1. The average molecular weight is 777 g/mol. The summed E-state index contributed by atoms with van der Waals surface area (Å²) in [5.41, 5.74) is 12.4. The number of nitrogens with zero attached hydrogens (tertiary/aromatic N) is 3. The number of Topliss-reactive ketones (excluding diaryl/α,β-unsaturated/α-hetero) is 1. The van der Waals surface area contributed by atoms with Crippen LogP contribution in [0.25, 0.3) is 0 Å². The molecule has 0 saturated carbocycles. The Morgan fingerprint density at radius 3 is 2.17 bits per heavy atom. The van der Waals surface area contributed by atoms with E-state index < -0.39 is 72.0 Å². The second kappa shape index (κ2) is 19.3. The lowest BCUT2D eigenvalue weighted by Gasteiger charge is -2.37. The maximum atomic E-state index is 12.9. The third-order valence-electron chi connectivity index (χ3n) is 8.57. The zero-order chi connectivity index (χ0) is 40.3. The van der Waals surface area contributed by atoms with Crippen LogP contribution in [0.2, 0.25) is 0 Å². The SMILES string of the molecule is CN(CC1CNc2nc(N)[nH]c(=O)c2N1C)c1ccc(C(=O)N[C@H](CCC(=O)CC[C@H](N)C(=O)N[C@@H](CC(=O)O)C(=O)N[C@@H](CS)C(=O)O)C(=O)O)cc1. The third kappa shape index (κ3) is 11.8. The van der Waals surface area contributed by atoms with Crippen molar-refractivity contribution in [3.63, 3.8) is 0 Å². The highest BCUT2D eigenvalue weighted by molar-refractivity contribution is 7.80. The van der Waals surface area contributed by atoms with Gasteiger partial charge in [0.2, 0.25) is 17.8 Å². The Balaban J connectivity index is 1.49. The van der Waals surface area contributed by atoms with E-state index in [1.165, 1.54) is 12.1 Å². The molecule has 3 amide bonds. The predicted molar refractivity (Wildman–Crippen MR) is 198 cm³/mol. The monoisotopic (exact) mass is 776 g/mol. The largest absolute Gasteiger partial charge is 0.481 e. The minimum atomic E-state index is -1.66. The number of aromatic amines is 1. The molecule has 0 fully saturated rings. The lowest BCUT2D eigenvalue weighted by molar-refractivity contribution is -0.143. The second-order valence-electron chi connectivity index (χ2n) is 12.5. The topological polar surface area (TPSA) is 333 Å². The number of carbonyl (C=O) groups is 7. The highest BCUT2D eigenvalue weighted by Gasteiger charge is 2.31. The van der Waals surface area contributed by atoms with E-state index in [-0.39, 0.29) is 54.5 Å². The van der Waals surface area contributed by atoms with E-state index >= 15 is 0 Å². The first kappa shape index (κ1) is 42.5. The van der Waals surface area contributed by atoms with Gasteiger partial charge in [0.25, 0.3) is 11.5 Å². The summed E-state index contributed by atoms with van der Waals surface area (Å²) in [7, 11) is 3.61. The molecule has 0 aliphatic carbocycles. The quantitative estimate of drug-likeness (QED) is 0.0637. The number of aromatic nitrogens is 2. The summed E-state index contributed by atoms with van der Waals surface area (Å²) in [5.74, 6) is -7.39. The van der Waals surface area contributed by atoms with Crippen molar-refractivity contribution in [1.82, 2.24) is 25.9 Å². The number of amides is 3. The van der Waals surface area contributed by atoms with Crippen LogP contribution >= 0.6 is 12.6 Å². The van der Waals surface area contributed by atoms with E-state index in [4.69, 9.17) is 21.7 Å². The van der Waals surface area contributed by atoms with Gasteiger partial charge in [-0.05, 0) is 37.1 Å². The molecular weight excluding hydrogens is 732 g/mol. The number of carboxylic acids is 3. The molecule has 1 aromatic heterocycles. The second-order valence-corrected chi connectivity index (χ2v) is 12.9. The molecule has 2 aromatic rings. The molecule has 1 aromatic carbocycles. The van der Waals surface area contributed by atoms with Gasteiger partial charge in [0.15, 0.2) is 5.82 Å². The van der Waals surface area contributed by atoms with Gasteiger partial charge >= 0.3 is 17.9 Å². The van der Waals surface area contributed by atoms with Crippen molar-refractivity contribution in [3.8, 4) is 0 Å². The summed E-state index contributed by atoms with van der Waals surface area (Å²) in [4.78, 5) is 108. The minimum Gasteiger partial charge on any atom is -0.481 e. The first-order valence-corrected chi connectivity index (χ1v) is 17.2. The highest BCUT2D eigenvalue weighted by Crippen LogP contribution is 2.26. The van der Waals surface area contributed by atoms with E-state index in [0.717, 1.165) is 5.69 Å². The van der Waals surface area contributed by atoms with E-state index in [1.54, 1.807) is 19.2 Å². The number of anilines is 4. The van der Waals surface area contributed by atoms with E-state index in [2.05, 4.69) is 43.9 Å². The zero-order valence-corrected chi connectivity index (χ0v) is 30.3. The van der Waals surface area contributed by atoms with Crippen molar-refractivity contribution in [1.29, 1.82) is 0 Å². The van der Waals surface area contributed by atoms with Crippen molar-refractivity contribution >= 4 is 77.2 Å². The number of hydrogen-bond donors (Lipinski definition) is 11. The Kier molecular flexibility index (Phi) is 15.2. The molecule has 3 rings (SSSR count). The fraction of sp³-hybridized carbons (Fsp3) is 0.469. The molecule has 0 radical (unpaired) electrons. The fourth-order valence-electron chi connectivity index (χ4n) is 5.44. The van der Waals surface area contributed by atoms with Crippen molar-refractivity contribution < 1.29 is 48.9 Å². The van der Waals surface area contributed by atoms with Crippen LogP contribution in [0.3, 0.4) is 0 Å². The number of nitrogens with one attached hydrogen (secondary N) is 5. The van der Waals surface area contributed by atoms with Crippen molar-refractivity contribution in [3.05, 3.63) is 40.2 Å². The number of H-pyrrole nitrogens is 1. The number of thiol groups is 1. The van der Waals surface area contributed by atoms with Crippen LogP contribution in [0.1, 0.15) is 42.5 Å². The van der Waals surface area contributed by atoms with E-state index in [1.807, 2.05) is 16.8 Å². The summed E-state index contributed by atoms with van der Waals surface area (Å²) in [5, 5.41) is 37.7. The molecule has 1 unspecified atom stereocenters. The van der Waals surface area contributed by atoms with Crippen molar-refractivity contribution in [2.45, 2.75) is 62.3 Å². The van der Waals surface area contributed by atoms with Crippen molar-refractivity contribution in [2.24, 2.45) is 5.73 Å². The average Bonchev–Trinajstić information content (AvgIpc) is 3.11. The standard InChI is InChI=1S/C32H44N10O11S/c1-41(13-17-12-35-25-24(42(17)2)29(49)40-32(34)39-25)16-5-3-15(4-6-16)26(46)36-20(30(50)51)10-8-18(43)7-9-19(33)27(47)37-21(11-23(44)45)28(48)38-22(14-54)31(52)53/h3-6,17,19-22,54H,7-14,33H2,1-2H3,(H,36,46)(H,37,47)(H,38,48)(H,44,45)(H,50,51)(H,52,53)(H4,34,35,39,40,49)/t17?,19-,20+,21-,22-/m0/s1. The van der Waals surface area contributed by atoms with Crippen LogP contribution in [0.15, 0.2) is 29.1 Å². The molecule has 2 heterocycles. The summed E-state index contributed by atoms with van der Waals surface area (Å²) < 4.78 is 0. The molecule has 294 valence electrons. The number of benzene rings is 1. The Labute approximate surface area is 313 Å². The van der Waals surface area contributed by atoms with Gasteiger partial charge in [-0.25, -0.2) is 9.59 Å². The van der Waals surface area contributed by atoms with Gasteiger partial charge < -0.3 is 57.9 Å². The molecule has 0 spiro atoms. The molecule has 21 nitrogen and oxygen atoms in total. The first-order valence-electron chi connectivity index (χ1n) is 16.6. The maximum absolute atomic E-state index is 12.9. The van der Waals surface area contributed by atoms with Gasteiger partial charge in [-0.15, -0.1) is 0 Å². The molecule has 5 atom stereocenters. The first-order chi connectivity index (χ1) is 25.4. The molecule has 0 bridgehead atoms. The Hall–Kier alpha value is -5.90.